The topological polar surface area (TPSA) is 47.1 Å². The summed E-state index contributed by atoms with van der Waals surface area (Å²) in [6.07, 6.45) is 2.14. The van der Waals surface area contributed by atoms with Crippen molar-refractivity contribution in [3.05, 3.63) is 41.1 Å². The quantitative estimate of drug-likeness (QED) is 0.848. The fraction of sp³-hybridized carbons (Fsp3) is 0.400. The van der Waals surface area contributed by atoms with Gasteiger partial charge in [-0.3, -0.25) is 4.68 Å². The first-order valence-corrected chi connectivity index (χ1v) is 6.77. The molecule has 0 spiro atoms. The molecule has 4 nitrogen and oxygen atoms in total. The molecule has 0 amide bonds. The first-order valence-electron chi connectivity index (χ1n) is 6.77. The molecule has 0 radical (unpaired) electrons. The number of hydrogen-bond acceptors (Lipinski definition) is 3. The molecule has 1 aromatic heterocycles. The second-order valence-corrected chi connectivity index (χ2v) is 5.20. The Balaban J connectivity index is 1.90. The van der Waals surface area contributed by atoms with Gasteiger partial charge < -0.3 is 10.6 Å². The van der Waals surface area contributed by atoms with Crippen LogP contribution in [0.1, 0.15) is 16.8 Å². The third kappa shape index (κ3) is 2.07. The van der Waals surface area contributed by atoms with Gasteiger partial charge in [0.2, 0.25) is 0 Å². The highest BCUT2D eigenvalue weighted by Crippen LogP contribution is 2.27. The van der Waals surface area contributed by atoms with Gasteiger partial charge in [0.15, 0.2) is 0 Å². The first-order chi connectivity index (χ1) is 9.16. The Hall–Kier alpha value is -1.97. The molecule has 2 heterocycles. The van der Waals surface area contributed by atoms with Crippen LogP contribution in [0.2, 0.25) is 0 Å². The van der Waals surface area contributed by atoms with E-state index in [1.54, 1.807) is 0 Å². The van der Waals surface area contributed by atoms with Crippen LogP contribution in [0.15, 0.2) is 24.3 Å². The summed E-state index contributed by atoms with van der Waals surface area (Å²) in [5.74, 6) is 1.06. The molecule has 0 unspecified atom stereocenters. The van der Waals surface area contributed by atoms with Crippen molar-refractivity contribution in [1.82, 2.24) is 9.78 Å². The van der Waals surface area contributed by atoms with Crippen molar-refractivity contribution in [2.75, 3.05) is 23.7 Å². The molecule has 0 aliphatic carbocycles. The molecular weight excluding hydrogens is 236 g/mol. The second kappa shape index (κ2) is 4.61. The highest BCUT2D eigenvalue weighted by molar-refractivity contribution is 5.66. The predicted octanol–water partition coefficient (Wildman–Crippen LogP) is 1.92. The molecule has 0 fully saturated rings. The number of nitrogens with two attached hydrogens (primary N) is 1. The van der Waals surface area contributed by atoms with Crippen LogP contribution in [0.3, 0.4) is 0 Å². The van der Waals surface area contributed by atoms with Crippen molar-refractivity contribution in [2.45, 2.75) is 19.8 Å². The molecule has 0 saturated carbocycles. The van der Waals surface area contributed by atoms with E-state index in [1.165, 1.54) is 11.1 Å². The van der Waals surface area contributed by atoms with Gasteiger partial charge in [-0.05, 0) is 30.9 Å². The Morgan fingerprint density at radius 3 is 2.16 bits per heavy atom. The number of anilines is 2. The molecule has 1 aliphatic heterocycles. The molecule has 0 saturated heterocycles. The van der Waals surface area contributed by atoms with Crippen LogP contribution >= 0.6 is 0 Å². The maximum Gasteiger partial charge on any atom is 0.150 e. The van der Waals surface area contributed by atoms with Crippen LogP contribution in [-0.4, -0.2) is 22.9 Å². The zero-order valence-corrected chi connectivity index (χ0v) is 11.6. The summed E-state index contributed by atoms with van der Waals surface area (Å²) in [4.78, 5) is 2.36. The minimum absolute atomic E-state index is 0.813. The van der Waals surface area contributed by atoms with Crippen LogP contribution in [0.4, 0.5) is 11.5 Å². The lowest BCUT2D eigenvalue weighted by molar-refractivity contribution is 0.701. The average Bonchev–Trinajstić information content (AvgIpc) is 2.58. The predicted molar refractivity (Wildman–Crippen MR) is 78.4 cm³/mol. The average molecular weight is 256 g/mol. The summed E-state index contributed by atoms with van der Waals surface area (Å²) in [6, 6.07) is 8.71. The Kier molecular flexibility index (Phi) is 2.93. The minimum atomic E-state index is 0.813. The van der Waals surface area contributed by atoms with E-state index in [4.69, 9.17) is 5.73 Å². The molecule has 0 atom stereocenters. The number of aryl methyl sites for hydroxylation is 2. The summed E-state index contributed by atoms with van der Waals surface area (Å²) >= 11 is 0. The molecule has 4 heteroatoms. The van der Waals surface area contributed by atoms with Crippen LogP contribution < -0.4 is 10.6 Å². The number of rotatable bonds is 1. The van der Waals surface area contributed by atoms with E-state index in [2.05, 4.69) is 34.3 Å². The molecule has 1 aliphatic rings. The van der Waals surface area contributed by atoms with Crippen LogP contribution in [0, 0.1) is 6.92 Å². The molecular formula is C15H20N4. The molecule has 1 aromatic carbocycles. The zero-order valence-electron chi connectivity index (χ0n) is 11.6. The second-order valence-electron chi connectivity index (χ2n) is 5.20. The fourth-order valence-corrected chi connectivity index (χ4v) is 2.92. The highest BCUT2D eigenvalue weighted by Gasteiger charge is 2.20. The van der Waals surface area contributed by atoms with Gasteiger partial charge in [-0.15, -0.1) is 0 Å². The van der Waals surface area contributed by atoms with Crippen LogP contribution in [0.25, 0.3) is 0 Å². The minimum Gasteiger partial charge on any atom is -0.394 e. The summed E-state index contributed by atoms with van der Waals surface area (Å²) in [7, 11) is 1.97. The Bertz CT molecular complexity index is 573. The number of nitrogens with zero attached hydrogens (tertiary/aromatic N) is 3. The summed E-state index contributed by atoms with van der Waals surface area (Å²) in [6.45, 7) is 3.96. The number of nitrogen functional groups attached to an aromatic ring is 1. The molecule has 2 aromatic rings. The van der Waals surface area contributed by atoms with Crippen LogP contribution in [0.5, 0.6) is 0 Å². The van der Waals surface area contributed by atoms with E-state index in [9.17, 15) is 0 Å². The lowest BCUT2D eigenvalue weighted by Gasteiger charge is -2.23. The van der Waals surface area contributed by atoms with Gasteiger partial charge in [0.1, 0.15) is 5.82 Å². The molecule has 100 valence electrons. The van der Waals surface area contributed by atoms with Gasteiger partial charge in [0, 0.05) is 20.1 Å². The van der Waals surface area contributed by atoms with Gasteiger partial charge in [-0.2, -0.15) is 5.10 Å². The van der Waals surface area contributed by atoms with E-state index < -0.39 is 0 Å². The van der Waals surface area contributed by atoms with Gasteiger partial charge in [-0.25, -0.2) is 0 Å². The molecule has 0 bridgehead atoms. The standard InChI is InChI=1S/C15H20N4/c1-11-14(16)15(18(2)17-11)19-9-7-12-5-3-4-6-13(12)8-10-19/h3-6H,7-10,16H2,1-2H3. The van der Waals surface area contributed by atoms with Crippen molar-refractivity contribution in [3.8, 4) is 0 Å². The normalized spacial score (nSPS) is 15.2. The summed E-state index contributed by atoms with van der Waals surface area (Å²) < 4.78 is 1.90. The molecule has 3 rings (SSSR count). The monoisotopic (exact) mass is 256 g/mol. The van der Waals surface area contributed by atoms with E-state index >= 15 is 0 Å². The van der Waals surface area contributed by atoms with Gasteiger partial charge in [0.05, 0.1) is 11.4 Å². The largest absolute Gasteiger partial charge is 0.394 e. The first kappa shape index (κ1) is 12.1. The van der Waals surface area contributed by atoms with Crippen molar-refractivity contribution in [3.63, 3.8) is 0 Å². The smallest absolute Gasteiger partial charge is 0.150 e. The Labute approximate surface area is 113 Å². The van der Waals surface area contributed by atoms with Gasteiger partial charge in [-0.1, -0.05) is 24.3 Å². The van der Waals surface area contributed by atoms with E-state index in [0.717, 1.165) is 43.1 Å². The van der Waals surface area contributed by atoms with Gasteiger partial charge in [0.25, 0.3) is 0 Å². The number of hydrogen-bond donors (Lipinski definition) is 1. The lowest BCUT2D eigenvalue weighted by Crippen LogP contribution is -2.28. The number of aromatic nitrogens is 2. The van der Waals surface area contributed by atoms with E-state index in [0.29, 0.717) is 0 Å². The highest BCUT2D eigenvalue weighted by atomic mass is 15.4. The summed E-state index contributed by atoms with van der Waals surface area (Å²) in [5.41, 5.74) is 10.8. The van der Waals surface area contributed by atoms with Crippen molar-refractivity contribution in [2.24, 2.45) is 7.05 Å². The Morgan fingerprint density at radius 1 is 1.11 bits per heavy atom. The maximum absolute atomic E-state index is 6.17. The number of benzene rings is 1. The maximum atomic E-state index is 6.17. The SMILES string of the molecule is Cc1nn(C)c(N2CCc3ccccc3CC2)c1N. The zero-order chi connectivity index (χ0) is 13.4. The Morgan fingerprint density at radius 2 is 1.68 bits per heavy atom. The fourth-order valence-electron chi connectivity index (χ4n) is 2.92. The van der Waals surface area contributed by atoms with Crippen molar-refractivity contribution >= 4 is 11.5 Å². The third-order valence-electron chi connectivity index (χ3n) is 3.96. The number of fused-ring (bicyclic) bond motifs is 1. The van der Waals surface area contributed by atoms with Crippen molar-refractivity contribution < 1.29 is 0 Å². The summed E-state index contributed by atoms with van der Waals surface area (Å²) in [5, 5.41) is 4.42. The lowest BCUT2D eigenvalue weighted by atomic mass is 10.0. The van der Waals surface area contributed by atoms with Crippen molar-refractivity contribution in [1.29, 1.82) is 0 Å². The van der Waals surface area contributed by atoms with E-state index in [1.807, 2.05) is 18.7 Å². The third-order valence-corrected chi connectivity index (χ3v) is 3.96. The van der Waals surface area contributed by atoms with Gasteiger partial charge >= 0.3 is 0 Å². The van der Waals surface area contributed by atoms with E-state index in [-0.39, 0.29) is 0 Å². The molecule has 19 heavy (non-hydrogen) atoms. The van der Waals surface area contributed by atoms with Crippen LogP contribution in [-0.2, 0) is 19.9 Å². The molecule has 2 N–H and O–H groups in total.